The van der Waals surface area contributed by atoms with Crippen LogP contribution in [0.3, 0.4) is 0 Å². The van der Waals surface area contributed by atoms with Gasteiger partial charge in [0.15, 0.2) is 5.96 Å². The molecule has 7 heteroatoms. The molecule has 2 rings (SSSR count). The predicted molar refractivity (Wildman–Crippen MR) is 119 cm³/mol. The average molecular weight is 399 g/mol. The molecule has 0 bridgehead atoms. The number of rotatable bonds is 7. The molecule has 2 N–H and O–H groups in total. The van der Waals surface area contributed by atoms with Crippen LogP contribution in [0.5, 0.6) is 0 Å². The third-order valence-electron chi connectivity index (χ3n) is 4.66. The Morgan fingerprint density at radius 3 is 2.41 bits per heavy atom. The van der Waals surface area contributed by atoms with Crippen LogP contribution < -0.4 is 10.6 Å². The maximum atomic E-state index is 11.8. The second-order valence-corrected chi connectivity index (χ2v) is 7.97. The molecule has 29 heavy (non-hydrogen) atoms. The number of anilines is 1. The summed E-state index contributed by atoms with van der Waals surface area (Å²) >= 11 is 0. The summed E-state index contributed by atoms with van der Waals surface area (Å²) in [7, 11) is 5.77. The maximum absolute atomic E-state index is 11.8. The SMILES string of the molecule is CN=C(NCc1ccc(NC(=O)C(C)C)cc1)N(C)Cc1cn(C)nc1C(C)C. The summed E-state index contributed by atoms with van der Waals surface area (Å²) in [5.74, 6) is 1.19. The maximum Gasteiger partial charge on any atom is 0.226 e. The Hall–Kier alpha value is -2.83. The fraction of sp³-hybridized carbons (Fsp3) is 0.500. The zero-order chi connectivity index (χ0) is 21.6. The van der Waals surface area contributed by atoms with Gasteiger partial charge in [-0.3, -0.25) is 14.5 Å². The third kappa shape index (κ3) is 6.34. The Labute approximate surface area is 174 Å². The molecule has 1 amide bonds. The van der Waals surface area contributed by atoms with Gasteiger partial charge >= 0.3 is 0 Å². The largest absolute Gasteiger partial charge is 0.352 e. The molecule has 2 aromatic rings. The smallest absolute Gasteiger partial charge is 0.226 e. The number of carbonyl (C=O) groups excluding carboxylic acids is 1. The molecule has 158 valence electrons. The van der Waals surface area contributed by atoms with Crippen LogP contribution in [-0.2, 0) is 24.9 Å². The van der Waals surface area contributed by atoms with Crippen molar-refractivity contribution < 1.29 is 4.79 Å². The molecule has 7 nitrogen and oxygen atoms in total. The lowest BCUT2D eigenvalue weighted by Gasteiger charge is -2.22. The molecule has 0 saturated heterocycles. The van der Waals surface area contributed by atoms with Gasteiger partial charge in [-0.25, -0.2) is 0 Å². The van der Waals surface area contributed by atoms with Crippen molar-refractivity contribution in [1.82, 2.24) is 20.0 Å². The summed E-state index contributed by atoms with van der Waals surface area (Å²) in [6.45, 7) is 9.47. The van der Waals surface area contributed by atoms with E-state index in [0.717, 1.165) is 29.4 Å². The molecular weight excluding hydrogens is 364 g/mol. The van der Waals surface area contributed by atoms with Gasteiger partial charge in [-0.05, 0) is 23.6 Å². The van der Waals surface area contributed by atoms with E-state index in [2.05, 4.69) is 45.7 Å². The summed E-state index contributed by atoms with van der Waals surface area (Å²) in [4.78, 5) is 18.3. The van der Waals surface area contributed by atoms with Crippen LogP contribution in [0.1, 0.15) is 50.4 Å². The number of carbonyl (C=O) groups is 1. The minimum absolute atomic E-state index is 0.0223. The first kappa shape index (κ1) is 22.5. The highest BCUT2D eigenvalue weighted by Crippen LogP contribution is 2.18. The molecule has 0 spiro atoms. The zero-order valence-electron chi connectivity index (χ0n) is 18.7. The van der Waals surface area contributed by atoms with Crippen LogP contribution in [0.4, 0.5) is 5.69 Å². The molecule has 1 aromatic heterocycles. The first-order valence-electron chi connectivity index (χ1n) is 10.0. The summed E-state index contributed by atoms with van der Waals surface area (Å²) in [6.07, 6.45) is 2.07. The predicted octanol–water partition coefficient (Wildman–Crippen LogP) is 3.35. The van der Waals surface area contributed by atoms with Gasteiger partial charge < -0.3 is 15.5 Å². The van der Waals surface area contributed by atoms with Crippen LogP contribution in [0, 0.1) is 5.92 Å². The summed E-state index contributed by atoms with van der Waals surface area (Å²) in [5.41, 5.74) is 4.25. The lowest BCUT2D eigenvalue weighted by molar-refractivity contribution is -0.118. The second-order valence-electron chi connectivity index (χ2n) is 7.97. The van der Waals surface area contributed by atoms with Gasteiger partial charge in [0.25, 0.3) is 0 Å². The van der Waals surface area contributed by atoms with Gasteiger partial charge in [0.2, 0.25) is 5.91 Å². The number of nitrogens with one attached hydrogen (secondary N) is 2. The molecule has 0 fully saturated rings. The molecule has 0 aliphatic carbocycles. The van der Waals surface area contributed by atoms with Crippen LogP contribution in [-0.4, -0.2) is 40.6 Å². The van der Waals surface area contributed by atoms with Crippen molar-refractivity contribution in [2.45, 2.75) is 46.7 Å². The highest BCUT2D eigenvalue weighted by atomic mass is 16.1. The van der Waals surface area contributed by atoms with Gasteiger partial charge in [0, 0.05) is 57.6 Å². The van der Waals surface area contributed by atoms with Crippen LogP contribution in [0.2, 0.25) is 0 Å². The molecule has 0 saturated carbocycles. The van der Waals surface area contributed by atoms with E-state index < -0.39 is 0 Å². The fourth-order valence-electron chi connectivity index (χ4n) is 3.05. The zero-order valence-corrected chi connectivity index (χ0v) is 18.7. The van der Waals surface area contributed by atoms with Crippen molar-refractivity contribution in [2.24, 2.45) is 18.0 Å². The van der Waals surface area contributed by atoms with Gasteiger partial charge in [0.1, 0.15) is 0 Å². The first-order valence-corrected chi connectivity index (χ1v) is 10.0. The highest BCUT2D eigenvalue weighted by molar-refractivity contribution is 5.92. The lowest BCUT2D eigenvalue weighted by atomic mass is 10.1. The summed E-state index contributed by atoms with van der Waals surface area (Å²) in [6, 6.07) is 7.87. The molecular formula is C22H34N6O. The number of aromatic nitrogens is 2. The van der Waals surface area contributed by atoms with Crippen LogP contribution in [0.25, 0.3) is 0 Å². The fourth-order valence-corrected chi connectivity index (χ4v) is 3.05. The van der Waals surface area contributed by atoms with Gasteiger partial charge in [-0.15, -0.1) is 0 Å². The normalized spacial score (nSPS) is 11.8. The standard InChI is InChI=1S/C22H34N6O/c1-15(2)20-18(14-28(7)26-20)13-27(6)22(23-5)24-12-17-8-10-19(11-9-17)25-21(29)16(3)4/h8-11,14-16H,12-13H2,1-7H3,(H,23,24)(H,25,29). The number of guanidine groups is 1. The molecule has 0 aliphatic heterocycles. The number of hydrogen-bond acceptors (Lipinski definition) is 3. The van der Waals surface area contributed by atoms with E-state index in [-0.39, 0.29) is 11.8 Å². The molecule has 0 atom stereocenters. The van der Waals surface area contributed by atoms with Crippen LogP contribution in [0.15, 0.2) is 35.5 Å². The monoisotopic (exact) mass is 398 g/mol. The lowest BCUT2D eigenvalue weighted by Crippen LogP contribution is -2.38. The van der Waals surface area contributed by atoms with E-state index in [1.54, 1.807) is 7.05 Å². The van der Waals surface area contributed by atoms with Crippen molar-refractivity contribution in [2.75, 3.05) is 19.4 Å². The van der Waals surface area contributed by atoms with E-state index in [9.17, 15) is 4.79 Å². The van der Waals surface area contributed by atoms with Crippen molar-refractivity contribution >= 4 is 17.6 Å². The van der Waals surface area contributed by atoms with E-state index in [4.69, 9.17) is 0 Å². The molecule has 0 unspecified atom stereocenters. The number of hydrogen-bond donors (Lipinski definition) is 2. The number of benzene rings is 1. The number of amides is 1. The summed E-state index contributed by atoms with van der Waals surface area (Å²) < 4.78 is 1.87. The Morgan fingerprint density at radius 1 is 1.21 bits per heavy atom. The Morgan fingerprint density at radius 2 is 1.86 bits per heavy atom. The van der Waals surface area contributed by atoms with E-state index in [0.29, 0.717) is 12.5 Å². The van der Waals surface area contributed by atoms with Gasteiger partial charge in [-0.2, -0.15) is 5.10 Å². The topological polar surface area (TPSA) is 74.6 Å². The molecule has 1 heterocycles. The number of aliphatic imine (C=N–C) groups is 1. The number of aryl methyl sites for hydroxylation is 1. The Balaban J connectivity index is 1.95. The van der Waals surface area contributed by atoms with Gasteiger partial charge in [0.05, 0.1) is 5.69 Å². The quantitative estimate of drug-likeness (QED) is 0.554. The van der Waals surface area contributed by atoms with Gasteiger partial charge in [-0.1, -0.05) is 39.8 Å². The van der Waals surface area contributed by atoms with Crippen molar-refractivity contribution in [3.8, 4) is 0 Å². The minimum atomic E-state index is -0.0359. The van der Waals surface area contributed by atoms with Crippen molar-refractivity contribution in [1.29, 1.82) is 0 Å². The van der Waals surface area contributed by atoms with Crippen molar-refractivity contribution in [3.63, 3.8) is 0 Å². The highest BCUT2D eigenvalue weighted by Gasteiger charge is 2.15. The molecule has 0 aliphatic rings. The Bertz CT molecular complexity index is 835. The molecule has 0 radical (unpaired) electrons. The van der Waals surface area contributed by atoms with E-state index >= 15 is 0 Å². The number of nitrogens with zero attached hydrogens (tertiary/aromatic N) is 4. The third-order valence-corrected chi connectivity index (χ3v) is 4.66. The molecule has 1 aromatic carbocycles. The average Bonchev–Trinajstić information content (AvgIpc) is 3.03. The van der Waals surface area contributed by atoms with E-state index in [1.165, 1.54) is 5.56 Å². The first-order chi connectivity index (χ1) is 13.7. The van der Waals surface area contributed by atoms with E-state index in [1.807, 2.05) is 56.9 Å². The van der Waals surface area contributed by atoms with Crippen LogP contribution >= 0.6 is 0 Å². The van der Waals surface area contributed by atoms with Crippen molar-refractivity contribution in [3.05, 3.63) is 47.3 Å². The second kappa shape index (κ2) is 10.1. The Kier molecular flexibility index (Phi) is 7.82. The minimum Gasteiger partial charge on any atom is -0.352 e. The summed E-state index contributed by atoms with van der Waals surface area (Å²) in [5, 5.41) is 10.9.